The van der Waals surface area contributed by atoms with Gasteiger partial charge in [-0.05, 0) is 18.4 Å². The van der Waals surface area contributed by atoms with Crippen LogP contribution in [-0.2, 0) is 12.8 Å². The van der Waals surface area contributed by atoms with Crippen molar-refractivity contribution in [3.63, 3.8) is 0 Å². The molecule has 0 amide bonds. The van der Waals surface area contributed by atoms with Gasteiger partial charge in [0, 0.05) is 6.20 Å². The van der Waals surface area contributed by atoms with Gasteiger partial charge >= 0.3 is 0 Å². The molecule has 4 N–H and O–H groups in total. The van der Waals surface area contributed by atoms with Gasteiger partial charge in [-0.3, -0.25) is 0 Å². The van der Waals surface area contributed by atoms with E-state index in [2.05, 4.69) is 4.98 Å². The molecule has 0 fully saturated rings. The monoisotopic (exact) mass is 304 g/mol. The largest absolute Gasteiger partial charge is 0.394 e. The Kier molecular flexibility index (Phi) is 4.26. The van der Waals surface area contributed by atoms with Crippen molar-refractivity contribution in [3.05, 3.63) is 53.6 Å². The van der Waals surface area contributed by atoms with E-state index in [1.54, 1.807) is 10.8 Å². The van der Waals surface area contributed by atoms with Crippen LogP contribution in [0.25, 0.3) is 0 Å². The lowest BCUT2D eigenvalue weighted by molar-refractivity contribution is -0.108. The van der Waals surface area contributed by atoms with Crippen molar-refractivity contribution in [2.75, 3.05) is 6.61 Å². The number of aliphatic hydroxyl groups is 4. The van der Waals surface area contributed by atoms with Crippen LogP contribution in [0.4, 0.5) is 0 Å². The number of rotatable bonds is 4. The second-order valence-electron chi connectivity index (χ2n) is 5.66. The van der Waals surface area contributed by atoms with E-state index in [1.165, 1.54) is 5.56 Å². The fourth-order valence-electron chi connectivity index (χ4n) is 2.91. The highest BCUT2D eigenvalue weighted by Crippen LogP contribution is 2.32. The third-order valence-electron chi connectivity index (χ3n) is 4.20. The lowest BCUT2D eigenvalue weighted by Crippen LogP contribution is -2.46. The van der Waals surface area contributed by atoms with E-state index in [4.69, 9.17) is 0 Å². The van der Waals surface area contributed by atoms with Gasteiger partial charge in [-0.15, -0.1) is 0 Å². The first-order chi connectivity index (χ1) is 10.6. The van der Waals surface area contributed by atoms with Gasteiger partial charge < -0.3 is 25.0 Å². The first-order valence-electron chi connectivity index (χ1n) is 7.38. The fourth-order valence-corrected chi connectivity index (χ4v) is 2.91. The summed E-state index contributed by atoms with van der Waals surface area (Å²) in [5.74, 6) is 0.292. The minimum atomic E-state index is -1.34. The summed E-state index contributed by atoms with van der Waals surface area (Å²) in [6.45, 7) is -0.327. The van der Waals surface area contributed by atoms with Crippen molar-refractivity contribution in [1.29, 1.82) is 0 Å². The van der Waals surface area contributed by atoms with Crippen LogP contribution in [0.15, 0.2) is 36.5 Å². The molecule has 22 heavy (non-hydrogen) atoms. The normalized spacial score (nSPS) is 27.6. The maximum Gasteiger partial charge on any atom is 0.141 e. The van der Waals surface area contributed by atoms with E-state index in [0.29, 0.717) is 12.2 Å². The molecule has 0 saturated heterocycles. The number of hydrogen-bond acceptors (Lipinski definition) is 5. The molecule has 0 bridgehead atoms. The zero-order chi connectivity index (χ0) is 15.7. The van der Waals surface area contributed by atoms with Crippen LogP contribution in [0.3, 0.4) is 0 Å². The van der Waals surface area contributed by atoms with E-state index in [-0.39, 0.29) is 6.61 Å². The molecule has 3 rings (SSSR count). The lowest BCUT2D eigenvalue weighted by Gasteiger charge is -2.35. The van der Waals surface area contributed by atoms with E-state index in [9.17, 15) is 20.4 Å². The highest BCUT2D eigenvalue weighted by atomic mass is 16.4. The van der Waals surface area contributed by atoms with Crippen LogP contribution in [0, 0.1) is 0 Å². The van der Waals surface area contributed by atoms with Crippen LogP contribution in [0.2, 0.25) is 0 Å². The predicted octanol–water partition coefficient (Wildman–Crippen LogP) is -0.0295. The van der Waals surface area contributed by atoms with Gasteiger partial charge in [0.15, 0.2) is 0 Å². The van der Waals surface area contributed by atoms with Crippen LogP contribution in [0.5, 0.6) is 0 Å². The molecule has 1 aromatic heterocycles. The minimum absolute atomic E-state index is 0.292. The molecule has 1 aliphatic heterocycles. The maximum absolute atomic E-state index is 10.0. The molecule has 1 aliphatic rings. The quantitative estimate of drug-likeness (QED) is 0.636. The van der Waals surface area contributed by atoms with Gasteiger partial charge in [-0.25, -0.2) is 4.98 Å². The second-order valence-corrected chi connectivity index (χ2v) is 5.66. The van der Waals surface area contributed by atoms with Crippen molar-refractivity contribution >= 4 is 0 Å². The smallest absolute Gasteiger partial charge is 0.141 e. The van der Waals surface area contributed by atoms with Gasteiger partial charge in [0.1, 0.15) is 24.1 Å². The molecule has 2 aromatic rings. The molecular weight excluding hydrogens is 284 g/mol. The molecule has 4 atom stereocenters. The Morgan fingerprint density at radius 1 is 1.00 bits per heavy atom. The molecule has 1 aromatic carbocycles. The molecule has 2 heterocycles. The SMILES string of the molecule is OC[C@@H]1[C@@H](O)[C@H](O)[C@@H](O)c2nc(CCc3ccccc3)cn21. The molecule has 0 radical (unpaired) electrons. The van der Waals surface area contributed by atoms with Crippen molar-refractivity contribution in [1.82, 2.24) is 9.55 Å². The second kappa shape index (κ2) is 6.18. The van der Waals surface area contributed by atoms with Crippen LogP contribution in [0.1, 0.15) is 29.2 Å². The van der Waals surface area contributed by atoms with Crippen LogP contribution < -0.4 is 0 Å². The third-order valence-corrected chi connectivity index (χ3v) is 4.20. The van der Waals surface area contributed by atoms with Crippen molar-refractivity contribution in [2.45, 2.75) is 37.2 Å². The van der Waals surface area contributed by atoms with Crippen LogP contribution in [-0.4, -0.2) is 48.8 Å². The summed E-state index contributed by atoms with van der Waals surface area (Å²) in [6.07, 6.45) is -0.582. The van der Waals surface area contributed by atoms with Crippen LogP contribution >= 0.6 is 0 Å². The Bertz CT molecular complexity index is 628. The van der Waals surface area contributed by atoms with Crippen molar-refractivity contribution < 1.29 is 20.4 Å². The van der Waals surface area contributed by atoms with Gasteiger partial charge in [-0.1, -0.05) is 30.3 Å². The molecule has 0 unspecified atom stereocenters. The van der Waals surface area contributed by atoms with E-state index >= 15 is 0 Å². The Morgan fingerprint density at radius 3 is 2.41 bits per heavy atom. The van der Waals surface area contributed by atoms with Gasteiger partial charge in [0.25, 0.3) is 0 Å². The molecule has 118 valence electrons. The molecular formula is C16H20N2O4. The molecule has 6 nitrogen and oxygen atoms in total. The van der Waals surface area contributed by atoms with E-state index in [1.807, 2.05) is 30.3 Å². The zero-order valence-electron chi connectivity index (χ0n) is 12.1. The molecule has 6 heteroatoms. The summed E-state index contributed by atoms with van der Waals surface area (Å²) in [6, 6.07) is 9.30. The first kappa shape index (κ1) is 15.2. The lowest BCUT2D eigenvalue weighted by atomic mass is 9.96. The fraction of sp³-hybridized carbons (Fsp3) is 0.438. The Morgan fingerprint density at radius 2 is 1.73 bits per heavy atom. The minimum Gasteiger partial charge on any atom is -0.394 e. The average Bonchev–Trinajstić information content (AvgIpc) is 2.96. The van der Waals surface area contributed by atoms with E-state index in [0.717, 1.165) is 12.1 Å². The predicted molar refractivity (Wildman–Crippen MR) is 79.2 cm³/mol. The number of hydrogen-bond donors (Lipinski definition) is 4. The number of nitrogens with zero attached hydrogens (tertiary/aromatic N) is 2. The summed E-state index contributed by atoms with van der Waals surface area (Å²) in [5, 5.41) is 39.3. The number of aryl methyl sites for hydroxylation is 2. The van der Waals surface area contributed by atoms with Crippen molar-refractivity contribution in [3.8, 4) is 0 Å². The summed E-state index contributed by atoms with van der Waals surface area (Å²) in [4.78, 5) is 4.36. The highest BCUT2D eigenvalue weighted by molar-refractivity contribution is 5.18. The third kappa shape index (κ3) is 2.66. The van der Waals surface area contributed by atoms with E-state index < -0.39 is 24.4 Å². The first-order valence-corrected chi connectivity index (χ1v) is 7.38. The van der Waals surface area contributed by atoms with Crippen molar-refractivity contribution in [2.24, 2.45) is 0 Å². The summed E-state index contributed by atoms with van der Waals surface area (Å²) >= 11 is 0. The Labute approximate surface area is 128 Å². The highest BCUT2D eigenvalue weighted by Gasteiger charge is 2.41. The standard InChI is InChI=1S/C16H20N2O4/c19-9-12-13(20)14(21)15(22)16-17-11(8-18(12)16)7-6-10-4-2-1-3-5-10/h1-5,8,12-15,19-22H,6-7,9H2/t12-,13-,14+,15-/m1/s1. The molecule has 0 aliphatic carbocycles. The maximum atomic E-state index is 10.0. The topological polar surface area (TPSA) is 98.7 Å². The number of aliphatic hydroxyl groups excluding tert-OH is 4. The Hall–Kier alpha value is -1.73. The average molecular weight is 304 g/mol. The molecule has 0 spiro atoms. The summed E-state index contributed by atoms with van der Waals surface area (Å²) in [7, 11) is 0. The molecule has 0 saturated carbocycles. The van der Waals surface area contributed by atoms with Gasteiger partial charge in [0.05, 0.1) is 18.3 Å². The number of imidazole rings is 1. The number of aromatic nitrogens is 2. The van der Waals surface area contributed by atoms with Gasteiger partial charge in [-0.2, -0.15) is 0 Å². The Balaban J connectivity index is 1.82. The summed E-state index contributed by atoms with van der Waals surface area (Å²) < 4.78 is 1.57. The summed E-state index contributed by atoms with van der Waals surface area (Å²) in [5.41, 5.74) is 1.95. The number of fused-ring (bicyclic) bond motifs is 1. The van der Waals surface area contributed by atoms with Gasteiger partial charge in [0.2, 0.25) is 0 Å². The number of benzene rings is 1. The zero-order valence-corrected chi connectivity index (χ0v) is 12.1.